The van der Waals surface area contributed by atoms with E-state index in [-0.39, 0.29) is 11.9 Å². The van der Waals surface area contributed by atoms with E-state index in [4.69, 9.17) is 4.74 Å². The van der Waals surface area contributed by atoms with Crippen LogP contribution in [0.4, 0.5) is 4.79 Å². The van der Waals surface area contributed by atoms with Crippen LogP contribution in [0, 0.1) is 12.3 Å². The van der Waals surface area contributed by atoms with Gasteiger partial charge in [-0.1, -0.05) is 29.8 Å². The maximum atomic E-state index is 12.8. The minimum atomic E-state index is -0.550. The van der Waals surface area contributed by atoms with Gasteiger partial charge in [-0.2, -0.15) is 0 Å². The van der Waals surface area contributed by atoms with Gasteiger partial charge >= 0.3 is 6.03 Å². The molecule has 2 rings (SSSR count). The number of aryl methyl sites for hydroxylation is 1. The minimum absolute atomic E-state index is 0.0110. The summed E-state index contributed by atoms with van der Waals surface area (Å²) in [5, 5.41) is 5.97. The molecule has 1 atom stereocenters. The normalized spacial score (nSPS) is 19.6. The largest absolute Gasteiger partial charge is 0.382 e. The van der Waals surface area contributed by atoms with Gasteiger partial charge in [0.2, 0.25) is 5.91 Å². The molecule has 0 aromatic heterocycles. The zero-order chi connectivity index (χ0) is 19.7. The van der Waals surface area contributed by atoms with Crippen LogP contribution in [0.1, 0.15) is 44.2 Å². The van der Waals surface area contributed by atoms with E-state index in [1.165, 1.54) is 5.56 Å². The van der Waals surface area contributed by atoms with Crippen molar-refractivity contribution in [2.75, 3.05) is 32.8 Å². The maximum Gasteiger partial charge on any atom is 0.317 e. The molecule has 0 aliphatic carbocycles. The Bertz CT molecular complexity index is 618. The summed E-state index contributed by atoms with van der Waals surface area (Å²) < 4.78 is 5.28. The van der Waals surface area contributed by atoms with Gasteiger partial charge in [0.1, 0.15) is 0 Å². The van der Waals surface area contributed by atoms with Crippen molar-refractivity contribution in [1.82, 2.24) is 15.5 Å². The molecule has 6 nitrogen and oxygen atoms in total. The van der Waals surface area contributed by atoms with E-state index >= 15 is 0 Å². The van der Waals surface area contributed by atoms with E-state index < -0.39 is 5.41 Å². The van der Waals surface area contributed by atoms with Gasteiger partial charge in [0.15, 0.2) is 0 Å². The molecule has 6 heteroatoms. The molecule has 0 radical (unpaired) electrons. The molecule has 150 valence electrons. The Kier molecular flexibility index (Phi) is 8.10. The van der Waals surface area contributed by atoms with Crippen LogP contribution in [0.5, 0.6) is 0 Å². The number of rotatable bonds is 8. The Balaban J connectivity index is 1.81. The van der Waals surface area contributed by atoms with Gasteiger partial charge in [-0.25, -0.2) is 4.79 Å². The van der Waals surface area contributed by atoms with Gasteiger partial charge in [0.05, 0.1) is 5.41 Å². The number of amides is 3. The fourth-order valence-corrected chi connectivity index (χ4v) is 3.33. The molecule has 1 aromatic carbocycles. The molecule has 0 spiro atoms. The Morgan fingerprint density at radius 2 is 1.96 bits per heavy atom. The molecule has 1 saturated heterocycles. The van der Waals surface area contributed by atoms with Crippen LogP contribution < -0.4 is 10.6 Å². The van der Waals surface area contributed by atoms with Crippen molar-refractivity contribution < 1.29 is 14.3 Å². The lowest BCUT2D eigenvalue weighted by molar-refractivity contribution is -0.132. The summed E-state index contributed by atoms with van der Waals surface area (Å²) in [5.41, 5.74) is 1.73. The van der Waals surface area contributed by atoms with E-state index in [1.54, 1.807) is 4.90 Å². The second-order valence-electron chi connectivity index (χ2n) is 7.54. The number of hydrogen-bond acceptors (Lipinski definition) is 3. The summed E-state index contributed by atoms with van der Waals surface area (Å²) in [6.45, 7) is 9.53. The number of likely N-dealkylation sites (tertiary alicyclic amines) is 1. The zero-order valence-corrected chi connectivity index (χ0v) is 16.8. The van der Waals surface area contributed by atoms with E-state index in [9.17, 15) is 9.59 Å². The molecule has 1 heterocycles. The quantitative estimate of drug-likeness (QED) is 0.687. The van der Waals surface area contributed by atoms with Crippen molar-refractivity contribution in [2.45, 2.75) is 46.6 Å². The molecule has 27 heavy (non-hydrogen) atoms. The molecular weight excluding hydrogens is 342 g/mol. The molecule has 1 fully saturated rings. The first-order valence-corrected chi connectivity index (χ1v) is 9.89. The summed E-state index contributed by atoms with van der Waals surface area (Å²) in [6, 6.07) is 8.05. The number of ether oxygens (including phenoxy) is 1. The highest BCUT2D eigenvalue weighted by atomic mass is 16.5. The maximum absolute atomic E-state index is 12.8. The first kappa shape index (κ1) is 21.2. The van der Waals surface area contributed by atoms with Gasteiger partial charge in [-0.3, -0.25) is 4.79 Å². The molecule has 3 amide bonds. The first-order valence-electron chi connectivity index (χ1n) is 9.89. The second kappa shape index (κ2) is 10.3. The van der Waals surface area contributed by atoms with Crippen LogP contribution in [-0.4, -0.2) is 49.7 Å². The highest BCUT2D eigenvalue weighted by Gasteiger charge is 2.39. The summed E-state index contributed by atoms with van der Waals surface area (Å²) in [5.74, 6) is 0.0110. The van der Waals surface area contributed by atoms with Gasteiger partial charge in [0, 0.05) is 39.4 Å². The number of nitrogens with one attached hydrogen (secondary N) is 2. The molecule has 1 aromatic rings. The topological polar surface area (TPSA) is 70.7 Å². The van der Waals surface area contributed by atoms with E-state index in [2.05, 4.69) is 10.6 Å². The third-order valence-corrected chi connectivity index (χ3v) is 5.05. The van der Waals surface area contributed by atoms with Crippen molar-refractivity contribution in [2.24, 2.45) is 5.41 Å². The molecule has 2 N–H and O–H groups in total. The number of piperidine rings is 1. The average Bonchev–Trinajstić information content (AvgIpc) is 2.67. The second-order valence-corrected chi connectivity index (χ2v) is 7.54. The van der Waals surface area contributed by atoms with E-state index in [0.29, 0.717) is 39.4 Å². The van der Waals surface area contributed by atoms with Crippen LogP contribution in [0.3, 0.4) is 0 Å². The number of nitrogens with zero attached hydrogens (tertiary/aromatic N) is 1. The number of benzene rings is 1. The smallest absolute Gasteiger partial charge is 0.317 e. The molecule has 1 unspecified atom stereocenters. The molecule has 1 aliphatic heterocycles. The number of carbonyl (C=O) groups excluding carboxylic acids is 2. The standard InChI is InChI=1S/C21H33N3O3/c1-4-27-14-6-12-22-20(26)24-13-5-11-21(3,16-24)19(25)23-15-18-9-7-17(2)8-10-18/h7-10H,4-6,11-16H2,1-3H3,(H,22,26)(H,23,25). The number of hydrogen-bond donors (Lipinski definition) is 2. The third kappa shape index (κ3) is 6.54. The van der Waals surface area contributed by atoms with Crippen LogP contribution >= 0.6 is 0 Å². The van der Waals surface area contributed by atoms with E-state index in [1.807, 2.05) is 45.0 Å². The SMILES string of the molecule is CCOCCCNC(=O)N1CCCC(C)(C(=O)NCc2ccc(C)cc2)C1. The van der Waals surface area contributed by atoms with Crippen LogP contribution in [0.15, 0.2) is 24.3 Å². The number of urea groups is 1. The van der Waals surface area contributed by atoms with Crippen molar-refractivity contribution in [3.8, 4) is 0 Å². The molecular formula is C21H33N3O3. The fourth-order valence-electron chi connectivity index (χ4n) is 3.33. The Hall–Kier alpha value is -2.08. The molecule has 1 aliphatic rings. The highest BCUT2D eigenvalue weighted by Crippen LogP contribution is 2.29. The number of carbonyl (C=O) groups is 2. The van der Waals surface area contributed by atoms with Crippen LogP contribution in [-0.2, 0) is 16.1 Å². The van der Waals surface area contributed by atoms with Crippen LogP contribution in [0.25, 0.3) is 0 Å². The van der Waals surface area contributed by atoms with Crippen molar-refractivity contribution in [3.05, 3.63) is 35.4 Å². The Labute approximate surface area is 162 Å². The summed E-state index contributed by atoms with van der Waals surface area (Å²) in [4.78, 5) is 26.9. The Morgan fingerprint density at radius 1 is 1.22 bits per heavy atom. The van der Waals surface area contributed by atoms with Crippen molar-refractivity contribution in [1.29, 1.82) is 0 Å². The lowest BCUT2D eigenvalue weighted by Gasteiger charge is -2.39. The highest BCUT2D eigenvalue weighted by molar-refractivity contribution is 5.84. The summed E-state index contributed by atoms with van der Waals surface area (Å²) >= 11 is 0. The van der Waals surface area contributed by atoms with E-state index in [0.717, 1.165) is 24.8 Å². The van der Waals surface area contributed by atoms with Crippen molar-refractivity contribution >= 4 is 11.9 Å². The lowest BCUT2D eigenvalue weighted by atomic mass is 9.81. The van der Waals surface area contributed by atoms with Crippen LogP contribution in [0.2, 0.25) is 0 Å². The zero-order valence-electron chi connectivity index (χ0n) is 16.8. The predicted molar refractivity (Wildman–Crippen MR) is 106 cm³/mol. The Morgan fingerprint density at radius 3 is 2.67 bits per heavy atom. The average molecular weight is 376 g/mol. The minimum Gasteiger partial charge on any atom is -0.382 e. The predicted octanol–water partition coefficient (Wildman–Crippen LogP) is 2.85. The fraction of sp³-hybridized carbons (Fsp3) is 0.619. The van der Waals surface area contributed by atoms with Gasteiger partial charge in [0.25, 0.3) is 0 Å². The third-order valence-electron chi connectivity index (χ3n) is 5.05. The molecule has 0 saturated carbocycles. The van der Waals surface area contributed by atoms with Crippen molar-refractivity contribution in [3.63, 3.8) is 0 Å². The summed E-state index contributed by atoms with van der Waals surface area (Å²) in [6.07, 6.45) is 2.42. The van der Waals surface area contributed by atoms with Gasteiger partial charge in [-0.15, -0.1) is 0 Å². The monoisotopic (exact) mass is 375 g/mol. The van der Waals surface area contributed by atoms with Gasteiger partial charge in [-0.05, 0) is 45.6 Å². The van der Waals surface area contributed by atoms with Gasteiger partial charge < -0.3 is 20.3 Å². The summed E-state index contributed by atoms with van der Waals surface area (Å²) in [7, 11) is 0. The first-order chi connectivity index (χ1) is 12.9. The molecule has 0 bridgehead atoms. The lowest BCUT2D eigenvalue weighted by Crippen LogP contribution is -2.54.